The van der Waals surface area contributed by atoms with Gasteiger partial charge in [0.05, 0.1) is 0 Å². The van der Waals surface area contributed by atoms with Crippen molar-refractivity contribution in [1.82, 2.24) is 10.2 Å². The summed E-state index contributed by atoms with van der Waals surface area (Å²) in [5.41, 5.74) is 3.42. The minimum Gasteiger partial charge on any atom is -0.361 e. The molecule has 0 saturated carbocycles. The van der Waals surface area contributed by atoms with Crippen molar-refractivity contribution >= 4 is 23.0 Å². The molecule has 21 heavy (non-hydrogen) atoms. The van der Waals surface area contributed by atoms with Crippen LogP contribution in [0.15, 0.2) is 54.6 Å². The number of likely N-dealkylation sites (N-methyl/N-ethyl adjacent to an activating group) is 1. The summed E-state index contributed by atoms with van der Waals surface area (Å²) in [4.78, 5) is 2.12. The van der Waals surface area contributed by atoms with Crippen LogP contribution >= 0.6 is 12.2 Å². The van der Waals surface area contributed by atoms with Crippen LogP contribution in [0.3, 0.4) is 0 Å². The average molecular weight is 299 g/mol. The summed E-state index contributed by atoms with van der Waals surface area (Å²) in [6.45, 7) is 1.79. The number of benzene rings is 2. The number of rotatable bonds is 5. The fourth-order valence-corrected chi connectivity index (χ4v) is 2.16. The van der Waals surface area contributed by atoms with Crippen molar-refractivity contribution in [1.29, 1.82) is 0 Å². The maximum atomic E-state index is 5.27. The van der Waals surface area contributed by atoms with E-state index in [1.165, 1.54) is 11.1 Å². The first kappa shape index (κ1) is 15.5. The Hall–Kier alpha value is -1.91. The van der Waals surface area contributed by atoms with Crippen LogP contribution in [-0.4, -0.2) is 37.2 Å². The van der Waals surface area contributed by atoms with Crippen LogP contribution in [0, 0.1) is 0 Å². The third-order valence-electron chi connectivity index (χ3n) is 3.09. The first-order chi connectivity index (χ1) is 10.1. The molecule has 3 nitrogen and oxygen atoms in total. The summed E-state index contributed by atoms with van der Waals surface area (Å²) in [5, 5.41) is 7.04. The molecule has 0 radical (unpaired) electrons. The Balaban J connectivity index is 1.89. The van der Waals surface area contributed by atoms with Gasteiger partial charge in [-0.1, -0.05) is 42.5 Å². The molecule has 2 aromatic rings. The molecule has 0 amide bonds. The Kier molecular flexibility index (Phi) is 5.72. The molecular formula is C17H21N3S. The van der Waals surface area contributed by atoms with Gasteiger partial charge in [0.2, 0.25) is 0 Å². The second kappa shape index (κ2) is 7.76. The highest BCUT2D eigenvalue weighted by molar-refractivity contribution is 7.80. The molecule has 0 unspecified atom stereocenters. The van der Waals surface area contributed by atoms with Crippen LogP contribution in [0.5, 0.6) is 0 Å². The Morgan fingerprint density at radius 1 is 0.952 bits per heavy atom. The normalized spacial score (nSPS) is 10.4. The predicted molar refractivity (Wildman–Crippen MR) is 94.7 cm³/mol. The Labute approximate surface area is 132 Å². The van der Waals surface area contributed by atoms with E-state index in [0.29, 0.717) is 5.11 Å². The molecule has 0 aromatic heterocycles. The topological polar surface area (TPSA) is 27.3 Å². The zero-order valence-electron chi connectivity index (χ0n) is 12.5. The fourth-order valence-electron chi connectivity index (χ4n) is 1.94. The molecule has 2 N–H and O–H groups in total. The van der Waals surface area contributed by atoms with E-state index in [1.807, 2.05) is 44.4 Å². The number of nitrogens with zero attached hydrogens (tertiary/aromatic N) is 1. The van der Waals surface area contributed by atoms with Gasteiger partial charge in [0.1, 0.15) is 0 Å². The van der Waals surface area contributed by atoms with E-state index in [9.17, 15) is 0 Å². The van der Waals surface area contributed by atoms with E-state index in [1.54, 1.807) is 0 Å². The highest BCUT2D eigenvalue weighted by Gasteiger charge is 2.00. The van der Waals surface area contributed by atoms with Crippen molar-refractivity contribution in [2.75, 3.05) is 32.5 Å². The van der Waals surface area contributed by atoms with Crippen molar-refractivity contribution in [3.05, 3.63) is 54.6 Å². The van der Waals surface area contributed by atoms with Crippen LogP contribution in [0.2, 0.25) is 0 Å². The van der Waals surface area contributed by atoms with Crippen molar-refractivity contribution in [3.63, 3.8) is 0 Å². The second-order valence-electron chi connectivity index (χ2n) is 5.13. The lowest BCUT2D eigenvalue weighted by molar-refractivity contribution is 0.413. The molecule has 0 bridgehead atoms. The zero-order valence-corrected chi connectivity index (χ0v) is 13.3. The Morgan fingerprint density at radius 3 is 2.19 bits per heavy atom. The molecule has 2 rings (SSSR count). The summed E-state index contributed by atoms with van der Waals surface area (Å²) >= 11 is 5.27. The lowest BCUT2D eigenvalue weighted by Gasteiger charge is -2.13. The minimum absolute atomic E-state index is 0.657. The first-order valence-corrected chi connectivity index (χ1v) is 7.41. The molecule has 0 spiro atoms. The molecule has 0 aliphatic rings. The van der Waals surface area contributed by atoms with Gasteiger partial charge in [-0.25, -0.2) is 0 Å². The van der Waals surface area contributed by atoms with E-state index in [2.05, 4.69) is 39.8 Å². The van der Waals surface area contributed by atoms with Gasteiger partial charge in [-0.05, 0) is 49.6 Å². The highest BCUT2D eigenvalue weighted by atomic mass is 32.1. The largest absolute Gasteiger partial charge is 0.361 e. The molecule has 0 atom stereocenters. The van der Waals surface area contributed by atoms with Crippen molar-refractivity contribution in [2.45, 2.75) is 0 Å². The van der Waals surface area contributed by atoms with Crippen LogP contribution in [0.25, 0.3) is 11.1 Å². The van der Waals surface area contributed by atoms with Gasteiger partial charge in [0, 0.05) is 18.8 Å². The van der Waals surface area contributed by atoms with Crippen LogP contribution < -0.4 is 10.6 Å². The predicted octanol–water partition coefficient (Wildman–Crippen LogP) is 3.20. The SMILES string of the molecule is CN(C)CCNC(=S)Nc1ccc(-c2ccccc2)cc1. The third-order valence-corrected chi connectivity index (χ3v) is 3.34. The lowest BCUT2D eigenvalue weighted by atomic mass is 10.1. The number of nitrogens with one attached hydrogen (secondary N) is 2. The fraction of sp³-hybridized carbons (Fsp3) is 0.235. The van der Waals surface area contributed by atoms with E-state index in [-0.39, 0.29) is 0 Å². The van der Waals surface area contributed by atoms with E-state index < -0.39 is 0 Å². The maximum absolute atomic E-state index is 5.27. The zero-order chi connectivity index (χ0) is 15.1. The van der Waals surface area contributed by atoms with E-state index in [0.717, 1.165) is 18.8 Å². The van der Waals surface area contributed by atoms with Crippen molar-refractivity contribution in [3.8, 4) is 11.1 Å². The van der Waals surface area contributed by atoms with Gasteiger partial charge < -0.3 is 15.5 Å². The lowest BCUT2D eigenvalue weighted by Crippen LogP contribution is -2.34. The smallest absolute Gasteiger partial charge is 0.170 e. The summed E-state index contributed by atoms with van der Waals surface area (Å²) in [6, 6.07) is 18.6. The number of hydrogen-bond acceptors (Lipinski definition) is 2. The second-order valence-corrected chi connectivity index (χ2v) is 5.54. The number of thiocarbonyl (C=S) groups is 1. The molecule has 0 saturated heterocycles. The van der Waals surface area contributed by atoms with Crippen molar-refractivity contribution < 1.29 is 0 Å². The molecule has 2 aromatic carbocycles. The molecule has 110 valence electrons. The molecule has 0 heterocycles. The van der Waals surface area contributed by atoms with Gasteiger partial charge >= 0.3 is 0 Å². The number of anilines is 1. The number of hydrogen-bond donors (Lipinski definition) is 2. The Bertz CT molecular complexity index is 564. The summed E-state index contributed by atoms with van der Waals surface area (Å²) in [6.07, 6.45) is 0. The maximum Gasteiger partial charge on any atom is 0.170 e. The van der Waals surface area contributed by atoms with Gasteiger partial charge in [-0.2, -0.15) is 0 Å². The molecule has 0 aliphatic carbocycles. The third kappa shape index (κ3) is 5.17. The standard InChI is InChI=1S/C17H21N3S/c1-20(2)13-12-18-17(21)19-16-10-8-15(9-11-16)14-6-4-3-5-7-14/h3-11H,12-13H2,1-2H3,(H2,18,19,21). The quantitative estimate of drug-likeness (QED) is 0.829. The van der Waals surface area contributed by atoms with Crippen LogP contribution in [-0.2, 0) is 0 Å². The van der Waals surface area contributed by atoms with E-state index in [4.69, 9.17) is 12.2 Å². The first-order valence-electron chi connectivity index (χ1n) is 7.00. The molecule has 0 fully saturated rings. The molecule has 0 aliphatic heterocycles. The van der Waals surface area contributed by atoms with Gasteiger partial charge in [-0.15, -0.1) is 0 Å². The van der Waals surface area contributed by atoms with Crippen molar-refractivity contribution in [2.24, 2.45) is 0 Å². The van der Waals surface area contributed by atoms with Crippen LogP contribution in [0.1, 0.15) is 0 Å². The monoisotopic (exact) mass is 299 g/mol. The summed E-state index contributed by atoms with van der Waals surface area (Å²) in [5.74, 6) is 0. The highest BCUT2D eigenvalue weighted by Crippen LogP contribution is 2.20. The Morgan fingerprint density at radius 2 is 1.57 bits per heavy atom. The molecule has 4 heteroatoms. The van der Waals surface area contributed by atoms with Gasteiger partial charge in [-0.3, -0.25) is 0 Å². The van der Waals surface area contributed by atoms with Gasteiger partial charge in [0.15, 0.2) is 5.11 Å². The average Bonchev–Trinajstić information content (AvgIpc) is 2.48. The van der Waals surface area contributed by atoms with Gasteiger partial charge in [0.25, 0.3) is 0 Å². The minimum atomic E-state index is 0.657. The van der Waals surface area contributed by atoms with E-state index >= 15 is 0 Å². The summed E-state index contributed by atoms with van der Waals surface area (Å²) in [7, 11) is 4.08. The van der Waals surface area contributed by atoms with Crippen LogP contribution in [0.4, 0.5) is 5.69 Å². The summed E-state index contributed by atoms with van der Waals surface area (Å²) < 4.78 is 0. The molecular weight excluding hydrogens is 278 g/mol.